The number of hydrogen-bond acceptors (Lipinski definition) is 8. The topological polar surface area (TPSA) is 121 Å². The second kappa shape index (κ2) is 10.1. The van der Waals surface area contributed by atoms with Crippen LogP contribution >= 0.6 is 0 Å². The molecule has 0 spiro atoms. The molecule has 38 heavy (non-hydrogen) atoms. The van der Waals surface area contributed by atoms with Crippen molar-refractivity contribution in [3.63, 3.8) is 0 Å². The number of amides is 1. The average molecular weight is 540 g/mol. The number of anilines is 1. The molecule has 1 aliphatic heterocycles. The average Bonchev–Trinajstić information content (AvgIpc) is 3.55. The number of ether oxygens (including phenoxy) is 2. The first kappa shape index (κ1) is 26.9. The number of aliphatic hydroxyl groups excluding tert-OH is 1. The molecule has 1 saturated heterocycles. The van der Waals surface area contributed by atoms with E-state index in [2.05, 4.69) is 54.1 Å². The smallest absolute Gasteiger partial charge is 0.256 e. The molecule has 0 radical (unpaired) electrons. The molecule has 2 fully saturated rings. The van der Waals surface area contributed by atoms with E-state index >= 15 is 0 Å². The molecule has 2 aromatic heterocycles. The second-order valence-corrected chi connectivity index (χ2v) is 16.5. The summed E-state index contributed by atoms with van der Waals surface area (Å²) in [6.45, 7) is 10.9. The Morgan fingerprint density at radius 2 is 1.87 bits per heavy atom. The van der Waals surface area contributed by atoms with Gasteiger partial charge in [0.2, 0.25) is 0 Å². The minimum Gasteiger partial charge on any atom is -0.408 e. The molecule has 1 amide bonds. The van der Waals surface area contributed by atoms with Gasteiger partial charge in [0.25, 0.3) is 5.91 Å². The van der Waals surface area contributed by atoms with Crippen molar-refractivity contribution in [1.82, 2.24) is 19.5 Å². The number of carbonyl (C=O) groups is 1. The summed E-state index contributed by atoms with van der Waals surface area (Å²) in [6.07, 6.45) is 2.15. The van der Waals surface area contributed by atoms with E-state index in [-0.39, 0.29) is 16.9 Å². The Morgan fingerprint density at radius 3 is 2.50 bits per heavy atom. The molecule has 1 aliphatic carbocycles. The van der Waals surface area contributed by atoms with E-state index in [1.807, 2.05) is 6.07 Å². The van der Waals surface area contributed by atoms with Crippen molar-refractivity contribution >= 4 is 31.2 Å². The first-order valence-corrected chi connectivity index (χ1v) is 16.0. The molecular formula is C27H37N5O5Si. The molecule has 0 unspecified atom stereocenters. The van der Waals surface area contributed by atoms with E-state index in [0.717, 1.165) is 12.8 Å². The highest BCUT2D eigenvalue weighted by atomic mass is 28.4. The van der Waals surface area contributed by atoms with Crippen LogP contribution in [-0.4, -0.2) is 70.4 Å². The molecule has 3 heterocycles. The van der Waals surface area contributed by atoms with Crippen molar-refractivity contribution in [1.29, 1.82) is 0 Å². The first-order valence-electron chi connectivity index (χ1n) is 13.1. The monoisotopic (exact) mass is 539 g/mol. The number of hydrogen-bond donors (Lipinski definition) is 2. The van der Waals surface area contributed by atoms with Crippen LogP contribution in [0.5, 0.6) is 0 Å². The van der Waals surface area contributed by atoms with Gasteiger partial charge in [-0.1, -0.05) is 39.0 Å². The van der Waals surface area contributed by atoms with Crippen LogP contribution in [0.25, 0.3) is 11.2 Å². The summed E-state index contributed by atoms with van der Waals surface area (Å²) in [5.41, 5.74) is 1.44. The Morgan fingerprint density at radius 1 is 1.16 bits per heavy atom. The van der Waals surface area contributed by atoms with Crippen molar-refractivity contribution in [3.8, 4) is 0 Å². The van der Waals surface area contributed by atoms with Gasteiger partial charge in [0.05, 0.1) is 12.4 Å². The fraction of sp³-hybridized carbons (Fsp3) is 0.556. The summed E-state index contributed by atoms with van der Waals surface area (Å²) in [5.74, 6) is 0.212. The molecule has 1 aromatic carbocycles. The largest absolute Gasteiger partial charge is 0.408 e. The Hall–Kier alpha value is -2.70. The number of methoxy groups -OCH3 is 1. The number of imidazole rings is 1. The van der Waals surface area contributed by atoms with Gasteiger partial charge >= 0.3 is 0 Å². The van der Waals surface area contributed by atoms with Crippen LogP contribution < -0.4 is 5.32 Å². The van der Waals surface area contributed by atoms with E-state index in [0.29, 0.717) is 22.5 Å². The lowest BCUT2D eigenvalue weighted by Gasteiger charge is -2.41. The SMILES string of the molecule is CO[C@@H]1[C@H](O[Si](C)(C)C(C)(C)C)[C@@H]([C@H](O)C2CC2)O[C@H]1n1cnc2c(NC(=O)c3ccccc3)ncnc21. The molecule has 1 saturated carbocycles. The first-order chi connectivity index (χ1) is 18.0. The van der Waals surface area contributed by atoms with Gasteiger partial charge < -0.3 is 24.3 Å². The maximum atomic E-state index is 12.8. The van der Waals surface area contributed by atoms with Gasteiger partial charge in [0, 0.05) is 12.7 Å². The Labute approximate surface area is 223 Å². The maximum Gasteiger partial charge on any atom is 0.256 e. The lowest BCUT2D eigenvalue weighted by atomic mass is 10.0. The minimum atomic E-state index is -2.23. The minimum absolute atomic E-state index is 0.0285. The summed E-state index contributed by atoms with van der Waals surface area (Å²) in [4.78, 5) is 26.0. The Balaban J connectivity index is 1.48. The normalized spacial score (nSPS) is 25.0. The van der Waals surface area contributed by atoms with Gasteiger partial charge in [-0.2, -0.15) is 0 Å². The van der Waals surface area contributed by atoms with Gasteiger partial charge in [-0.05, 0) is 49.0 Å². The summed E-state index contributed by atoms with van der Waals surface area (Å²) < 4.78 is 21.2. The second-order valence-electron chi connectivity index (χ2n) is 11.7. The molecule has 5 atom stereocenters. The van der Waals surface area contributed by atoms with E-state index in [4.69, 9.17) is 13.9 Å². The maximum absolute atomic E-state index is 12.8. The highest BCUT2D eigenvalue weighted by molar-refractivity contribution is 6.74. The van der Waals surface area contributed by atoms with Gasteiger partial charge in [0.15, 0.2) is 31.5 Å². The number of benzene rings is 1. The predicted molar refractivity (Wildman–Crippen MR) is 145 cm³/mol. The Bertz CT molecular complexity index is 1290. The molecule has 3 aromatic rings. The molecule has 204 valence electrons. The van der Waals surface area contributed by atoms with Crippen LogP contribution in [0.3, 0.4) is 0 Å². The highest BCUT2D eigenvalue weighted by Gasteiger charge is 2.55. The van der Waals surface area contributed by atoms with Gasteiger partial charge in [-0.3, -0.25) is 9.36 Å². The standard InChI is InChI=1S/C27H37N5O5Si/c1-27(2,3)38(5,6)37-21-20(19(33)16-12-13-16)36-26(22(21)35-4)32-15-30-18-23(28-14-29-24(18)32)31-25(34)17-10-8-7-9-11-17/h7-11,14-16,19-22,26,33H,12-13H2,1-6H3,(H,28,29,31,34)/t19-,20-,21-,22-,26-/m1/s1. The van der Waals surface area contributed by atoms with Crippen molar-refractivity contribution in [2.45, 2.75) is 82.4 Å². The summed E-state index contributed by atoms with van der Waals surface area (Å²) in [7, 11) is -0.593. The van der Waals surface area contributed by atoms with E-state index in [1.165, 1.54) is 6.33 Å². The van der Waals surface area contributed by atoms with Crippen LogP contribution in [0.1, 0.15) is 50.2 Å². The molecule has 11 heteroatoms. The van der Waals surface area contributed by atoms with Crippen molar-refractivity contribution in [2.75, 3.05) is 12.4 Å². The van der Waals surface area contributed by atoms with E-state index in [9.17, 15) is 9.90 Å². The molecular weight excluding hydrogens is 502 g/mol. The van der Waals surface area contributed by atoms with Gasteiger partial charge in [0.1, 0.15) is 24.6 Å². The van der Waals surface area contributed by atoms with Crippen LogP contribution in [-0.2, 0) is 13.9 Å². The van der Waals surface area contributed by atoms with Crippen LogP contribution in [0.2, 0.25) is 18.1 Å². The molecule has 2 N–H and O–H groups in total. The van der Waals surface area contributed by atoms with Crippen molar-refractivity contribution in [2.24, 2.45) is 5.92 Å². The number of rotatable bonds is 8. The third-order valence-electron chi connectivity index (χ3n) is 8.08. The van der Waals surface area contributed by atoms with Crippen molar-refractivity contribution < 1.29 is 23.8 Å². The van der Waals surface area contributed by atoms with Crippen LogP contribution in [0, 0.1) is 5.92 Å². The third-order valence-corrected chi connectivity index (χ3v) is 12.6. The predicted octanol–water partition coefficient (Wildman–Crippen LogP) is 4.15. The lowest BCUT2D eigenvalue weighted by Crippen LogP contribution is -2.52. The zero-order valence-corrected chi connectivity index (χ0v) is 23.8. The third kappa shape index (κ3) is 5.01. The number of nitrogens with one attached hydrogen (secondary N) is 1. The van der Waals surface area contributed by atoms with Crippen molar-refractivity contribution in [3.05, 3.63) is 48.5 Å². The Kier molecular flexibility index (Phi) is 7.16. The molecule has 10 nitrogen and oxygen atoms in total. The van der Waals surface area contributed by atoms with Gasteiger partial charge in [-0.15, -0.1) is 0 Å². The van der Waals surface area contributed by atoms with Gasteiger partial charge in [-0.25, -0.2) is 15.0 Å². The zero-order valence-electron chi connectivity index (χ0n) is 22.8. The lowest BCUT2D eigenvalue weighted by molar-refractivity contribution is -0.0896. The fourth-order valence-corrected chi connectivity index (χ4v) is 5.97. The van der Waals surface area contributed by atoms with E-state index in [1.54, 1.807) is 42.3 Å². The molecule has 2 aliphatic rings. The summed E-state index contributed by atoms with van der Waals surface area (Å²) >= 11 is 0. The summed E-state index contributed by atoms with van der Waals surface area (Å²) in [6, 6.07) is 8.92. The molecule has 5 rings (SSSR count). The number of aromatic nitrogens is 4. The number of nitrogens with zero attached hydrogens (tertiary/aromatic N) is 4. The number of aliphatic hydroxyl groups is 1. The van der Waals surface area contributed by atoms with Crippen LogP contribution in [0.15, 0.2) is 43.0 Å². The van der Waals surface area contributed by atoms with E-state index < -0.39 is 39.0 Å². The zero-order chi connectivity index (χ0) is 27.2. The molecule has 0 bridgehead atoms. The summed E-state index contributed by atoms with van der Waals surface area (Å²) in [5, 5.41) is 14.0. The quantitative estimate of drug-likeness (QED) is 0.410. The number of fused-ring (bicyclic) bond motifs is 1. The fourth-order valence-electron chi connectivity index (χ4n) is 4.67. The van der Waals surface area contributed by atoms with Crippen LogP contribution in [0.4, 0.5) is 5.82 Å². The number of carbonyl (C=O) groups excluding carboxylic acids is 1. The highest BCUT2D eigenvalue weighted by Crippen LogP contribution is 2.46.